The van der Waals surface area contributed by atoms with Gasteiger partial charge in [0.05, 0.1) is 11.7 Å². The van der Waals surface area contributed by atoms with Gasteiger partial charge in [0.15, 0.2) is 5.96 Å². The monoisotopic (exact) mass is 501 g/mol. The van der Waals surface area contributed by atoms with Crippen LogP contribution in [0.2, 0.25) is 0 Å². The molecule has 2 heterocycles. The van der Waals surface area contributed by atoms with Gasteiger partial charge in [-0.2, -0.15) is 5.10 Å². The summed E-state index contributed by atoms with van der Waals surface area (Å²) in [6, 6.07) is 20.2. The highest BCUT2D eigenvalue weighted by atomic mass is 127. The normalized spacial score (nSPS) is 12.4. The van der Waals surface area contributed by atoms with Crippen LogP contribution in [-0.2, 0) is 6.54 Å². The van der Waals surface area contributed by atoms with Gasteiger partial charge in [-0.15, -0.1) is 24.0 Å². The van der Waals surface area contributed by atoms with Crippen LogP contribution in [-0.4, -0.2) is 22.8 Å². The van der Waals surface area contributed by atoms with Crippen molar-refractivity contribution in [3.05, 3.63) is 84.4 Å². The second-order valence-electron chi connectivity index (χ2n) is 6.60. The first-order valence-corrected chi connectivity index (χ1v) is 9.27. The molecule has 2 aromatic heterocycles. The SMILES string of the molecule is CN=C(NCc1cccc(-n2cccn2)c1)NC(C)c1cc2ccccc2o1.I. The maximum absolute atomic E-state index is 5.94. The molecule has 0 aliphatic rings. The summed E-state index contributed by atoms with van der Waals surface area (Å²) in [7, 11) is 1.76. The molecule has 0 aliphatic carbocycles. The molecule has 4 rings (SSSR count). The maximum atomic E-state index is 5.94. The molecule has 150 valence electrons. The number of benzene rings is 2. The largest absolute Gasteiger partial charge is 0.459 e. The van der Waals surface area contributed by atoms with E-state index < -0.39 is 0 Å². The molecule has 2 aromatic carbocycles. The number of rotatable bonds is 5. The molecule has 0 bridgehead atoms. The lowest BCUT2D eigenvalue weighted by atomic mass is 10.2. The average molecular weight is 501 g/mol. The second kappa shape index (κ2) is 9.60. The van der Waals surface area contributed by atoms with Crippen molar-refractivity contribution in [3.63, 3.8) is 0 Å². The first-order chi connectivity index (χ1) is 13.7. The minimum absolute atomic E-state index is 0. The van der Waals surface area contributed by atoms with Gasteiger partial charge >= 0.3 is 0 Å². The number of nitrogens with zero attached hydrogens (tertiary/aromatic N) is 3. The van der Waals surface area contributed by atoms with Crippen LogP contribution in [0.25, 0.3) is 16.7 Å². The fraction of sp³-hybridized carbons (Fsp3) is 0.182. The molecule has 0 radical (unpaired) electrons. The Hall–Kier alpha value is -2.81. The molecule has 7 heteroatoms. The number of guanidine groups is 1. The van der Waals surface area contributed by atoms with Crippen LogP contribution in [0.4, 0.5) is 0 Å². The number of hydrogen-bond acceptors (Lipinski definition) is 3. The van der Waals surface area contributed by atoms with E-state index in [1.165, 1.54) is 0 Å². The van der Waals surface area contributed by atoms with E-state index in [-0.39, 0.29) is 30.0 Å². The van der Waals surface area contributed by atoms with Crippen molar-refractivity contribution in [2.24, 2.45) is 4.99 Å². The van der Waals surface area contributed by atoms with Crippen molar-refractivity contribution in [2.45, 2.75) is 19.5 Å². The number of fused-ring (bicyclic) bond motifs is 1. The van der Waals surface area contributed by atoms with E-state index in [4.69, 9.17) is 4.42 Å². The molecule has 1 atom stereocenters. The number of nitrogens with one attached hydrogen (secondary N) is 2. The fourth-order valence-corrected chi connectivity index (χ4v) is 3.10. The van der Waals surface area contributed by atoms with Gasteiger partial charge < -0.3 is 15.1 Å². The van der Waals surface area contributed by atoms with Gasteiger partial charge in [-0.3, -0.25) is 4.99 Å². The molecule has 0 amide bonds. The summed E-state index contributed by atoms with van der Waals surface area (Å²) < 4.78 is 7.79. The van der Waals surface area contributed by atoms with Crippen LogP contribution in [0.3, 0.4) is 0 Å². The van der Waals surface area contributed by atoms with Gasteiger partial charge in [-0.1, -0.05) is 30.3 Å². The summed E-state index contributed by atoms with van der Waals surface area (Å²) in [5.74, 6) is 1.60. The number of halogens is 1. The third-order valence-corrected chi connectivity index (χ3v) is 4.59. The summed E-state index contributed by atoms with van der Waals surface area (Å²) >= 11 is 0. The standard InChI is InChI=1S/C22H23N5O.HI/c1-16(21-14-18-8-3-4-10-20(18)28-21)26-22(23-2)24-15-17-7-5-9-19(13-17)27-12-6-11-25-27;/h3-14,16H,15H2,1-2H3,(H2,23,24,26);1H. The minimum Gasteiger partial charge on any atom is -0.459 e. The van der Waals surface area contributed by atoms with Crippen molar-refractivity contribution in [3.8, 4) is 5.69 Å². The summed E-state index contributed by atoms with van der Waals surface area (Å²) in [5.41, 5.74) is 3.07. The number of aliphatic imine (C=N–C) groups is 1. The van der Waals surface area contributed by atoms with Crippen molar-refractivity contribution in [2.75, 3.05) is 7.05 Å². The Morgan fingerprint density at radius 2 is 2.00 bits per heavy atom. The van der Waals surface area contributed by atoms with Crippen molar-refractivity contribution < 1.29 is 4.42 Å². The second-order valence-corrected chi connectivity index (χ2v) is 6.60. The molecule has 6 nitrogen and oxygen atoms in total. The van der Waals surface area contributed by atoms with Crippen LogP contribution in [0, 0.1) is 0 Å². The Kier molecular flexibility index (Phi) is 6.92. The molecule has 0 saturated carbocycles. The van der Waals surface area contributed by atoms with Gasteiger partial charge in [0.1, 0.15) is 11.3 Å². The summed E-state index contributed by atoms with van der Waals surface area (Å²) in [4.78, 5) is 4.33. The zero-order valence-electron chi connectivity index (χ0n) is 16.4. The van der Waals surface area contributed by atoms with E-state index in [0.717, 1.165) is 33.9 Å². The molecule has 0 spiro atoms. The van der Waals surface area contributed by atoms with E-state index >= 15 is 0 Å². The summed E-state index contributed by atoms with van der Waals surface area (Å²) in [6.45, 7) is 2.71. The highest BCUT2D eigenvalue weighted by Gasteiger charge is 2.13. The Labute approximate surface area is 187 Å². The maximum Gasteiger partial charge on any atom is 0.191 e. The highest BCUT2D eigenvalue weighted by molar-refractivity contribution is 14.0. The minimum atomic E-state index is -0.00555. The molecule has 0 saturated heterocycles. The van der Waals surface area contributed by atoms with E-state index in [9.17, 15) is 0 Å². The van der Waals surface area contributed by atoms with Gasteiger partial charge in [0.25, 0.3) is 0 Å². The first kappa shape index (κ1) is 20.9. The number of furan rings is 1. The molecule has 29 heavy (non-hydrogen) atoms. The van der Waals surface area contributed by atoms with Gasteiger partial charge in [0.2, 0.25) is 0 Å². The summed E-state index contributed by atoms with van der Waals surface area (Å²) in [6.07, 6.45) is 3.71. The Morgan fingerprint density at radius 3 is 2.76 bits per heavy atom. The third kappa shape index (κ3) is 4.97. The lowest BCUT2D eigenvalue weighted by molar-refractivity contribution is 0.488. The zero-order chi connectivity index (χ0) is 19.3. The number of para-hydroxylation sites is 1. The van der Waals surface area contributed by atoms with Gasteiger partial charge in [-0.05, 0) is 42.8 Å². The third-order valence-electron chi connectivity index (χ3n) is 4.59. The van der Waals surface area contributed by atoms with Crippen LogP contribution in [0.15, 0.2) is 82.5 Å². The van der Waals surface area contributed by atoms with Crippen LogP contribution >= 0.6 is 24.0 Å². The topological polar surface area (TPSA) is 67.4 Å². The fourth-order valence-electron chi connectivity index (χ4n) is 3.10. The molecule has 2 N–H and O–H groups in total. The van der Waals surface area contributed by atoms with Crippen LogP contribution in [0.5, 0.6) is 0 Å². The quantitative estimate of drug-likeness (QED) is 0.237. The first-order valence-electron chi connectivity index (χ1n) is 9.27. The van der Waals surface area contributed by atoms with Crippen molar-refractivity contribution >= 4 is 40.9 Å². The molecule has 1 unspecified atom stereocenters. The molecular formula is C22H24IN5O. The van der Waals surface area contributed by atoms with Crippen LogP contribution in [0.1, 0.15) is 24.3 Å². The molecular weight excluding hydrogens is 477 g/mol. The highest BCUT2D eigenvalue weighted by Crippen LogP contribution is 2.23. The molecule has 0 aliphatic heterocycles. The Morgan fingerprint density at radius 1 is 1.14 bits per heavy atom. The predicted octanol–water partition coefficient (Wildman–Crippen LogP) is 4.66. The van der Waals surface area contributed by atoms with Crippen molar-refractivity contribution in [1.82, 2.24) is 20.4 Å². The average Bonchev–Trinajstić information content (AvgIpc) is 3.41. The van der Waals surface area contributed by atoms with E-state index in [2.05, 4.69) is 51.9 Å². The summed E-state index contributed by atoms with van der Waals surface area (Å²) in [5, 5.41) is 12.1. The number of hydrogen-bond donors (Lipinski definition) is 2. The van der Waals surface area contributed by atoms with E-state index in [1.807, 2.05) is 47.3 Å². The lowest BCUT2D eigenvalue weighted by Gasteiger charge is -2.16. The lowest BCUT2D eigenvalue weighted by Crippen LogP contribution is -2.38. The van der Waals surface area contributed by atoms with Gasteiger partial charge in [0, 0.05) is 31.4 Å². The van der Waals surface area contributed by atoms with E-state index in [0.29, 0.717) is 6.54 Å². The smallest absolute Gasteiger partial charge is 0.191 e. The van der Waals surface area contributed by atoms with Crippen LogP contribution < -0.4 is 10.6 Å². The number of aromatic nitrogens is 2. The molecule has 0 fully saturated rings. The Balaban J connectivity index is 0.00000240. The molecule has 4 aromatic rings. The van der Waals surface area contributed by atoms with Crippen molar-refractivity contribution in [1.29, 1.82) is 0 Å². The predicted molar refractivity (Wildman–Crippen MR) is 127 cm³/mol. The van der Waals surface area contributed by atoms with Gasteiger partial charge in [-0.25, -0.2) is 4.68 Å². The Bertz CT molecular complexity index is 1050. The van der Waals surface area contributed by atoms with E-state index in [1.54, 1.807) is 13.2 Å². The zero-order valence-corrected chi connectivity index (χ0v) is 18.7.